The molecule has 1 aromatic heterocycles. The number of aromatic nitrogens is 1. The number of alkyl halides is 2. The van der Waals surface area contributed by atoms with Crippen LogP contribution in [0, 0.1) is 5.92 Å². The topological polar surface area (TPSA) is 54.8 Å². The molecule has 0 atom stereocenters. The lowest BCUT2D eigenvalue weighted by molar-refractivity contribution is -0.127. The van der Waals surface area contributed by atoms with Gasteiger partial charge in [0, 0.05) is 32.1 Å². The average Bonchev–Trinajstić information content (AvgIpc) is 2.68. The predicted octanol–water partition coefficient (Wildman–Crippen LogP) is 4.49. The summed E-state index contributed by atoms with van der Waals surface area (Å²) in [5.74, 6) is -2.37. The quantitative estimate of drug-likeness (QED) is 0.392. The van der Waals surface area contributed by atoms with Crippen LogP contribution in [0.15, 0.2) is 60.6 Å². The number of allylic oxidation sites excluding steroid dienone is 2. The summed E-state index contributed by atoms with van der Waals surface area (Å²) in [6.45, 7) is 11.3. The van der Waals surface area contributed by atoms with Crippen molar-refractivity contribution < 1.29 is 18.3 Å². The number of carbonyl (C=O) groups is 1. The van der Waals surface area contributed by atoms with E-state index in [1.54, 1.807) is 17.2 Å². The van der Waals surface area contributed by atoms with Gasteiger partial charge in [-0.05, 0) is 38.0 Å². The third-order valence-corrected chi connectivity index (χ3v) is 4.44. The lowest BCUT2D eigenvalue weighted by atomic mass is 9.91. The van der Waals surface area contributed by atoms with Gasteiger partial charge in [0.1, 0.15) is 17.2 Å². The molecule has 1 fully saturated rings. The predicted molar refractivity (Wildman–Crippen MR) is 105 cm³/mol. The van der Waals surface area contributed by atoms with Crippen LogP contribution >= 0.6 is 0 Å². The second kappa shape index (κ2) is 9.39. The molecule has 7 heteroatoms. The number of hydrogen-bond acceptors (Lipinski definition) is 4. The number of rotatable bonds is 7. The van der Waals surface area contributed by atoms with Crippen molar-refractivity contribution in [3.8, 4) is 5.75 Å². The Morgan fingerprint density at radius 2 is 2.07 bits per heavy atom. The highest BCUT2D eigenvalue weighted by atomic mass is 19.3. The number of carbonyl (C=O) groups excluding carboxylic acids is 1. The van der Waals surface area contributed by atoms with Gasteiger partial charge in [0.15, 0.2) is 0 Å². The Morgan fingerprint density at radius 1 is 1.39 bits per heavy atom. The van der Waals surface area contributed by atoms with Gasteiger partial charge in [0.2, 0.25) is 5.91 Å². The zero-order valence-electron chi connectivity index (χ0n) is 16.2. The number of ether oxygens (including phenoxy) is 1. The summed E-state index contributed by atoms with van der Waals surface area (Å²) in [5, 5.41) is 0. The smallest absolute Gasteiger partial charge is 0.286 e. The van der Waals surface area contributed by atoms with Gasteiger partial charge in [-0.2, -0.15) is 8.78 Å². The highest BCUT2D eigenvalue weighted by molar-refractivity contribution is 6.00. The van der Waals surface area contributed by atoms with E-state index in [9.17, 15) is 13.6 Å². The van der Waals surface area contributed by atoms with Crippen molar-refractivity contribution in [2.24, 2.45) is 10.9 Å². The molecule has 5 nitrogen and oxygen atoms in total. The van der Waals surface area contributed by atoms with Crippen molar-refractivity contribution in [2.75, 3.05) is 13.1 Å². The van der Waals surface area contributed by atoms with Crippen LogP contribution < -0.4 is 4.74 Å². The van der Waals surface area contributed by atoms with Crippen LogP contribution in [0.25, 0.3) is 0 Å². The molecule has 2 rings (SSSR count). The Labute approximate surface area is 164 Å². The van der Waals surface area contributed by atoms with Crippen LogP contribution in [0.1, 0.15) is 32.4 Å². The van der Waals surface area contributed by atoms with Gasteiger partial charge in [-0.1, -0.05) is 19.2 Å². The number of hydrogen-bond donors (Lipinski definition) is 0. The van der Waals surface area contributed by atoms with Crippen LogP contribution in [-0.4, -0.2) is 34.6 Å². The van der Waals surface area contributed by atoms with Gasteiger partial charge in [0.05, 0.1) is 11.9 Å². The molecule has 0 N–H and O–H groups in total. The minimum atomic E-state index is -3.01. The van der Waals surface area contributed by atoms with Crippen LogP contribution in [0.3, 0.4) is 0 Å². The van der Waals surface area contributed by atoms with Crippen molar-refractivity contribution in [1.82, 2.24) is 9.88 Å². The monoisotopic (exact) mass is 389 g/mol. The fraction of sp³-hybridized carbons (Fsp3) is 0.381. The van der Waals surface area contributed by atoms with E-state index in [-0.39, 0.29) is 17.5 Å². The van der Waals surface area contributed by atoms with Crippen molar-refractivity contribution in [1.29, 1.82) is 0 Å². The van der Waals surface area contributed by atoms with E-state index >= 15 is 0 Å². The van der Waals surface area contributed by atoms with Gasteiger partial charge in [0.25, 0.3) is 5.92 Å². The first kappa shape index (κ1) is 21.5. The molecule has 0 aromatic carbocycles. The molecule has 2 heterocycles. The number of amides is 1. The molecule has 0 radical (unpaired) electrons. The average molecular weight is 389 g/mol. The highest BCUT2D eigenvalue weighted by Crippen LogP contribution is 2.27. The summed E-state index contributed by atoms with van der Waals surface area (Å²) in [6.07, 6.45) is 7.45. The SMILES string of the molecule is C=CC(=O)N1CCC(C(=N/C=C\C)C(=C)Oc2ccc(C(C)(F)F)nc2)CC1. The molecule has 0 unspecified atom stereocenters. The number of nitrogens with zero attached hydrogens (tertiary/aromatic N) is 3. The molecule has 1 aliphatic rings. The Hall–Kier alpha value is -2.83. The molecule has 28 heavy (non-hydrogen) atoms. The number of aliphatic imine (C=N–C) groups is 1. The van der Waals surface area contributed by atoms with E-state index in [0.29, 0.717) is 30.3 Å². The van der Waals surface area contributed by atoms with Gasteiger partial charge >= 0.3 is 0 Å². The zero-order chi connectivity index (χ0) is 20.7. The van der Waals surface area contributed by atoms with E-state index in [0.717, 1.165) is 19.8 Å². The first-order chi connectivity index (χ1) is 13.3. The van der Waals surface area contributed by atoms with Crippen LogP contribution in [0.5, 0.6) is 5.75 Å². The highest BCUT2D eigenvalue weighted by Gasteiger charge is 2.28. The molecule has 0 saturated carbocycles. The molecule has 150 valence electrons. The van der Waals surface area contributed by atoms with Crippen LogP contribution in [0.2, 0.25) is 0 Å². The zero-order valence-corrected chi connectivity index (χ0v) is 16.2. The summed E-state index contributed by atoms with van der Waals surface area (Å²) in [6, 6.07) is 2.66. The van der Waals surface area contributed by atoms with E-state index in [1.807, 2.05) is 6.92 Å². The lowest BCUT2D eigenvalue weighted by Crippen LogP contribution is -2.40. The summed E-state index contributed by atoms with van der Waals surface area (Å²) in [4.78, 5) is 21.7. The minimum absolute atomic E-state index is 0.0739. The molecule has 0 spiro atoms. The maximum Gasteiger partial charge on any atom is 0.286 e. The molecular formula is C21H25F2N3O2. The fourth-order valence-corrected chi connectivity index (χ4v) is 2.96. The fourth-order valence-electron chi connectivity index (χ4n) is 2.96. The Morgan fingerprint density at radius 3 is 2.57 bits per heavy atom. The lowest BCUT2D eigenvalue weighted by Gasteiger charge is -2.32. The second-order valence-electron chi connectivity index (χ2n) is 6.59. The first-order valence-corrected chi connectivity index (χ1v) is 9.08. The maximum atomic E-state index is 13.3. The summed E-state index contributed by atoms with van der Waals surface area (Å²) in [5.41, 5.74) is 0.348. The largest absolute Gasteiger partial charge is 0.454 e. The van der Waals surface area contributed by atoms with Crippen LogP contribution in [-0.2, 0) is 10.7 Å². The Bertz CT molecular complexity index is 772. The number of halogens is 2. The number of piperidine rings is 1. The molecular weight excluding hydrogens is 364 g/mol. The van der Waals surface area contributed by atoms with Crippen molar-refractivity contribution in [3.63, 3.8) is 0 Å². The molecule has 1 saturated heterocycles. The van der Waals surface area contributed by atoms with E-state index in [4.69, 9.17) is 4.74 Å². The molecule has 1 aromatic rings. The minimum Gasteiger partial charge on any atom is -0.454 e. The van der Waals surface area contributed by atoms with Gasteiger partial charge < -0.3 is 9.64 Å². The molecule has 1 amide bonds. The molecule has 1 aliphatic heterocycles. The van der Waals surface area contributed by atoms with Gasteiger partial charge in [-0.15, -0.1) is 0 Å². The van der Waals surface area contributed by atoms with Crippen LogP contribution in [0.4, 0.5) is 8.78 Å². The van der Waals surface area contributed by atoms with E-state index in [1.165, 1.54) is 24.4 Å². The van der Waals surface area contributed by atoms with Crippen molar-refractivity contribution >= 4 is 11.6 Å². The van der Waals surface area contributed by atoms with Crippen molar-refractivity contribution in [2.45, 2.75) is 32.6 Å². The third kappa shape index (κ3) is 5.58. The number of pyridine rings is 1. The normalized spacial score (nSPS) is 16.3. The first-order valence-electron chi connectivity index (χ1n) is 9.08. The summed E-state index contributed by atoms with van der Waals surface area (Å²) < 4.78 is 32.3. The second-order valence-corrected chi connectivity index (χ2v) is 6.59. The standard InChI is InChI=1S/C21H25F2N3O2/c1-5-11-24-20(16-9-12-26(13-10-16)19(27)6-2)15(3)28-17-7-8-18(25-14-17)21(4,22)23/h5-8,11,14,16H,2-3,9-10,12-13H2,1,4H3/b11-5-,24-20?. The van der Waals surface area contributed by atoms with Gasteiger partial charge in [-0.3, -0.25) is 14.8 Å². The Kier molecular flexibility index (Phi) is 7.20. The molecule has 0 bridgehead atoms. The third-order valence-electron chi connectivity index (χ3n) is 4.44. The summed E-state index contributed by atoms with van der Waals surface area (Å²) in [7, 11) is 0. The van der Waals surface area contributed by atoms with E-state index < -0.39 is 5.92 Å². The van der Waals surface area contributed by atoms with E-state index in [2.05, 4.69) is 23.1 Å². The Balaban J connectivity index is 2.10. The summed E-state index contributed by atoms with van der Waals surface area (Å²) >= 11 is 0. The molecule has 0 aliphatic carbocycles. The van der Waals surface area contributed by atoms with Gasteiger partial charge in [-0.25, -0.2) is 0 Å². The maximum absolute atomic E-state index is 13.3. The number of likely N-dealkylation sites (tertiary alicyclic amines) is 1. The van der Waals surface area contributed by atoms with Crippen molar-refractivity contribution in [3.05, 3.63) is 61.3 Å².